The number of aliphatic hydroxyl groups is 1. The van der Waals surface area contributed by atoms with Crippen molar-refractivity contribution in [2.24, 2.45) is 0 Å². The van der Waals surface area contributed by atoms with E-state index < -0.39 is 48.8 Å². The molecule has 0 fully saturated rings. The smallest absolute Gasteiger partial charge is 0.395 e. The van der Waals surface area contributed by atoms with Gasteiger partial charge in [-0.05, 0) is 11.6 Å². The van der Waals surface area contributed by atoms with Gasteiger partial charge >= 0.3 is 12.4 Å². The number of aromatic nitrogens is 2. The third kappa shape index (κ3) is 5.00. The van der Waals surface area contributed by atoms with E-state index in [0.717, 1.165) is 0 Å². The van der Waals surface area contributed by atoms with Crippen molar-refractivity contribution in [2.45, 2.75) is 12.4 Å². The number of aliphatic hydroxyl groups excluding tert-OH is 1. The monoisotopic (exact) mass is 323 g/mol. The number of anilines is 1. The molecule has 1 N–H and O–H groups in total. The predicted molar refractivity (Wildman–Crippen MR) is 57.4 cm³/mol. The van der Waals surface area contributed by atoms with E-state index in [-0.39, 0.29) is 0 Å². The van der Waals surface area contributed by atoms with Crippen molar-refractivity contribution in [3.63, 3.8) is 0 Å². The molecule has 0 aliphatic carbocycles. The molecule has 0 atom stereocenters. The highest BCUT2D eigenvalue weighted by Gasteiger charge is 2.36. The fraction of sp³-hybridized carbons (Fsp3) is 0.556. The van der Waals surface area contributed by atoms with Crippen LogP contribution in [-0.4, -0.2) is 40.9 Å². The summed E-state index contributed by atoms with van der Waals surface area (Å²) in [6, 6.07) is 0.341. The molecule has 0 radical (unpaired) electrons. The quantitative estimate of drug-likeness (QED) is 0.683. The average molecular weight is 324 g/mol. The van der Waals surface area contributed by atoms with E-state index in [1.54, 1.807) is 0 Å². The van der Waals surface area contributed by atoms with Crippen LogP contribution in [0, 0.1) is 0 Å². The summed E-state index contributed by atoms with van der Waals surface area (Å²) in [7, 11) is 0. The van der Waals surface area contributed by atoms with Crippen LogP contribution in [0.15, 0.2) is 6.07 Å². The molecule has 20 heavy (non-hydrogen) atoms. The van der Waals surface area contributed by atoms with Crippen molar-refractivity contribution in [3.8, 4) is 0 Å². The highest BCUT2D eigenvalue weighted by molar-refractivity contribution is 6.28. The SMILES string of the molecule is OCCN(CC(F)(F)F)c1cc(C(F)(F)F)nc(Cl)n1. The Hall–Kier alpha value is -1.29. The summed E-state index contributed by atoms with van der Waals surface area (Å²) in [6.07, 6.45) is -9.55. The van der Waals surface area contributed by atoms with Gasteiger partial charge in [-0.25, -0.2) is 9.97 Å². The van der Waals surface area contributed by atoms with Gasteiger partial charge in [0.25, 0.3) is 0 Å². The van der Waals surface area contributed by atoms with Crippen LogP contribution in [0.2, 0.25) is 5.28 Å². The van der Waals surface area contributed by atoms with Gasteiger partial charge in [0.15, 0.2) is 5.69 Å². The van der Waals surface area contributed by atoms with Crippen molar-refractivity contribution in [1.29, 1.82) is 0 Å². The zero-order valence-electron chi connectivity index (χ0n) is 9.63. The Morgan fingerprint density at radius 3 is 2.20 bits per heavy atom. The molecular formula is C9H8ClF6N3O. The van der Waals surface area contributed by atoms with Crippen LogP contribution in [0.25, 0.3) is 0 Å². The maximum atomic E-state index is 12.5. The standard InChI is InChI=1S/C9H8ClF6N3O/c10-7-17-5(9(14,15)16)3-6(18-7)19(1-2-20)4-8(11,12)13/h3,20H,1-2,4H2. The molecule has 0 aliphatic heterocycles. The summed E-state index contributed by atoms with van der Waals surface area (Å²) in [5.41, 5.74) is -1.46. The largest absolute Gasteiger partial charge is 0.433 e. The summed E-state index contributed by atoms with van der Waals surface area (Å²) in [4.78, 5) is 6.66. The maximum absolute atomic E-state index is 12.5. The van der Waals surface area contributed by atoms with Gasteiger partial charge in [0.2, 0.25) is 5.28 Å². The molecule has 1 rings (SSSR count). The lowest BCUT2D eigenvalue weighted by atomic mass is 10.3. The Balaban J connectivity index is 3.16. The minimum atomic E-state index is -4.87. The molecule has 1 aromatic rings. The second kappa shape index (κ2) is 6.00. The first kappa shape index (κ1) is 16.8. The Morgan fingerprint density at radius 2 is 1.75 bits per heavy atom. The number of rotatable bonds is 4. The van der Waals surface area contributed by atoms with Gasteiger partial charge in [0.05, 0.1) is 6.61 Å². The molecular weight excluding hydrogens is 316 g/mol. The van der Waals surface area contributed by atoms with Crippen LogP contribution in [0.4, 0.5) is 32.2 Å². The molecule has 0 unspecified atom stereocenters. The summed E-state index contributed by atoms with van der Waals surface area (Å²) in [6.45, 7) is -2.82. The van der Waals surface area contributed by atoms with Crippen LogP contribution < -0.4 is 4.90 Å². The zero-order chi connectivity index (χ0) is 15.6. The number of alkyl halides is 6. The molecule has 0 saturated heterocycles. The highest BCUT2D eigenvalue weighted by Crippen LogP contribution is 2.31. The number of hydrogen-bond acceptors (Lipinski definition) is 4. The molecule has 0 aromatic carbocycles. The van der Waals surface area contributed by atoms with Crippen LogP contribution in [0.3, 0.4) is 0 Å². The third-order valence-electron chi connectivity index (χ3n) is 2.04. The molecule has 0 amide bonds. The Labute approximate surface area is 114 Å². The van der Waals surface area contributed by atoms with Crippen LogP contribution in [0.5, 0.6) is 0 Å². The summed E-state index contributed by atoms with van der Waals surface area (Å²) >= 11 is 5.28. The van der Waals surface area contributed by atoms with E-state index >= 15 is 0 Å². The number of nitrogens with zero attached hydrogens (tertiary/aromatic N) is 3. The number of hydrogen-bond donors (Lipinski definition) is 1. The second-order valence-electron chi connectivity index (χ2n) is 3.64. The predicted octanol–water partition coefficient (Wildman–Crippen LogP) is 2.51. The number of halogens is 7. The van der Waals surface area contributed by atoms with E-state index in [0.29, 0.717) is 11.0 Å². The van der Waals surface area contributed by atoms with Crippen LogP contribution >= 0.6 is 11.6 Å². The molecule has 1 heterocycles. The van der Waals surface area contributed by atoms with Gasteiger partial charge in [-0.1, -0.05) is 0 Å². The minimum absolute atomic E-state index is 0.341. The Bertz CT molecular complexity index is 464. The van der Waals surface area contributed by atoms with Crippen molar-refractivity contribution in [2.75, 3.05) is 24.6 Å². The van der Waals surface area contributed by atoms with Crippen molar-refractivity contribution < 1.29 is 31.4 Å². The molecule has 114 valence electrons. The lowest BCUT2D eigenvalue weighted by molar-refractivity contribution is -0.141. The molecule has 11 heteroatoms. The van der Waals surface area contributed by atoms with Gasteiger partial charge in [-0.3, -0.25) is 0 Å². The lowest BCUT2D eigenvalue weighted by Gasteiger charge is -2.24. The Morgan fingerprint density at radius 1 is 1.15 bits per heavy atom. The highest BCUT2D eigenvalue weighted by atomic mass is 35.5. The third-order valence-corrected chi connectivity index (χ3v) is 2.21. The van der Waals surface area contributed by atoms with Gasteiger partial charge in [0, 0.05) is 12.6 Å². The maximum Gasteiger partial charge on any atom is 0.433 e. The van der Waals surface area contributed by atoms with E-state index in [4.69, 9.17) is 16.7 Å². The van der Waals surface area contributed by atoms with Gasteiger partial charge in [0.1, 0.15) is 12.4 Å². The fourth-order valence-electron chi connectivity index (χ4n) is 1.32. The van der Waals surface area contributed by atoms with Gasteiger partial charge < -0.3 is 10.0 Å². The molecule has 4 nitrogen and oxygen atoms in total. The second-order valence-corrected chi connectivity index (χ2v) is 3.98. The summed E-state index contributed by atoms with van der Waals surface area (Å²) < 4.78 is 74.5. The van der Waals surface area contributed by atoms with E-state index in [1.807, 2.05) is 0 Å². The first-order valence-corrected chi connectivity index (χ1v) is 5.45. The molecule has 0 spiro atoms. The van der Waals surface area contributed by atoms with Crippen molar-refractivity contribution in [1.82, 2.24) is 9.97 Å². The van der Waals surface area contributed by atoms with E-state index in [1.165, 1.54) is 0 Å². The van der Waals surface area contributed by atoms with Crippen LogP contribution in [0.1, 0.15) is 5.69 Å². The van der Waals surface area contributed by atoms with Crippen molar-refractivity contribution in [3.05, 3.63) is 17.0 Å². The molecule has 0 saturated carbocycles. The van der Waals surface area contributed by atoms with Gasteiger partial charge in [-0.15, -0.1) is 0 Å². The normalized spacial score (nSPS) is 12.6. The first-order valence-electron chi connectivity index (χ1n) is 5.07. The molecule has 0 bridgehead atoms. The summed E-state index contributed by atoms with van der Waals surface area (Å²) in [5.74, 6) is -0.663. The molecule has 0 aliphatic rings. The van der Waals surface area contributed by atoms with Gasteiger partial charge in [-0.2, -0.15) is 26.3 Å². The van der Waals surface area contributed by atoms with Crippen LogP contribution in [-0.2, 0) is 6.18 Å². The van der Waals surface area contributed by atoms with E-state index in [9.17, 15) is 26.3 Å². The minimum Gasteiger partial charge on any atom is -0.395 e. The van der Waals surface area contributed by atoms with Crippen molar-refractivity contribution >= 4 is 17.4 Å². The first-order chi connectivity index (χ1) is 9.03. The fourth-order valence-corrected chi connectivity index (χ4v) is 1.50. The Kier molecular flexibility index (Phi) is 5.03. The lowest BCUT2D eigenvalue weighted by Crippen LogP contribution is -2.37. The van der Waals surface area contributed by atoms with E-state index in [2.05, 4.69) is 9.97 Å². The summed E-state index contributed by atoms with van der Waals surface area (Å²) in [5, 5.41) is 7.85. The zero-order valence-corrected chi connectivity index (χ0v) is 10.4. The molecule has 1 aromatic heterocycles. The topological polar surface area (TPSA) is 49.2 Å². The average Bonchev–Trinajstić information content (AvgIpc) is 2.24.